The normalized spacial score (nSPS) is 17.4. The first-order valence-corrected chi connectivity index (χ1v) is 10.6. The van der Waals surface area contributed by atoms with E-state index in [2.05, 4.69) is 5.32 Å². The zero-order valence-electron chi connectivity index (χ0n) is 16.9. The highest BCUT2D eigenvalue weighted by Crippen LogP contribution is 2.28. The first-order valence-electron chi connectivity index (χ1n) is 10.6. The second-order valence-electron chi connectivity index (χ2n) is 7.98. The molecule has 1 saturated carbocycles. The second-order valence-corrected chi connectivity index (χ2v) is 7.98. The first kappa shape index (κ1) is 21.3. The van der Waals surface area contributed by atoms with E-state index in [0.29, 0.717) is 63.5 Å². The number of benzene rings is 1. The van der Waals surface area contributed by atoms with Crippen molar-refractivity contribution in [2.45, 2.75) is 44.9 Å². The van der Waals surface area contributed by atoms with E-state index in [1.54, 1.807) is 4.90 Å². The molecule has 6 nitrogen and oxygen atoms in total. The van der Waals surface area contributed by atoms with E-state index in [0.717, 1.165) is 0 Å². The average molecular weight is 403 g/mol. The predicted molar refractivity (Wildman–Crippen MR) is 108 cm³/mol. The maximum Gasteiger partial charge on any atom is 0.251 e. The molecule has 2 fully saturated rings. The van der Waals surface area contributed by atoms with Gasteiger partial charge in [0, 0.05) is 51.1 Å². The van der Waals surface area contributed by atoms with Gasteiger partial charge in [0.1, 0.15) is 5.82 Å². The average Bonchev–Trinajstić information content (AvgIpc) is 3.24. The monoisotopic (exact) mass is 403 g/mol. The maximum absolute atomic E-state index is 12.9. The van der Waals surface area contributed by atoms with Crippen LogP contribution in [0, 0.1) is 11.7 Å². The second kappa shape index (κ2) is 10.4. The van der Waals surface area contributed by atoms with Crippen molar-refractivity contribution in [2.24, 2.45) is 5.92 Å². The van der Waals surface area contributed by atoms with Crippen LogP contribution < -0.4 is 5.32 Å². The summed E-state index contributed by atoms with van der Waals surface area (Å²) < 4.78 is 12.9. The fourth-order valence-electron chi connectivity index (χ4n) is 4.10. The quantitative estimate of drug-likeness (QED) is 0.712. The summed E-state index contributed by atoms with van der Waals surface area (Å²) in [7, 11) is 0. The van der Waals surface area contributed by atoms with Gasteiger partial charge in [-0.1, -0.05) is 12.8 Å². The zero-order valence-corrected chi connectivity index (χ0v) is 16.9. The van der Waals surface area contributed by atoms with Gasteiger partial charge in [0.2, 0.25) is 11.8 Å². The Balaban J connectivity index is 1.30. The van der Waals surface area contributed by atoms with Crippen molar-refractivity contribution in [1.29, 1.82) is 0 Å². The molecule has 1 aliphatic heterocycles. The van der Waals surface area contributed by atoms with Crippen LogP contribution in [0.3, 0.4) is 0 Å². The third-order valence-electron chi connectivity index (χ3n) is 5.88. The molecular weight excluding hydrogens is 373 g/mol. The van der Waals surface area contributed by atoms with Gasteiger partial charge in [-0.15, -0.1) is 0 Å². The number of piperazine rings is 1. The number of rotatable bonds is 7. The van der Waals surface area contributed by atoms with Crippen LogP contribution >= 0.6 is 0 Å². The number of carbonyl (C=O) groups excluding carboxylic acids is 3. The minimum absolute atomic E-state index is 0.0592. The summed E-state index contributed by atoms with van der Waals surface area (Å²) in [6, 6.07) is 5.36. The highest BCUT2D eigenvalue weighted by atomic mass is 19.1. The van der Waals surface area contributed by atoms with Crippen molar-refractivity contribution in [3.8, 4) is 0 Å². The molecule has 3 rings (SSSR count). The van der Waals surface area contributed by atoms with Crippen molar-refractivity contribution in [3.63, 3.8) is 0 Å². The van der Waals surface area contributed by atoms with E-state index in [1.165, 1.54) is 49.9 Å². The molecule has 0 unspecified atom stereocenters. The minimum atomic E-state index is -0.382. The van der Waals surface area contributed by atoms with Crippen LogP contribution in [0.15, 0.2) is 24.3 Å². The summed E-state index contributed by atoms with van der Waals surface area (Å²) in [4.78, 5) is 40.4. The number of hydrogen-bond donors (Lipinski definition) is 1. The highest BCUT2D eigenvalue weighted by Gasteiger charge is 2.26. The van der Waals surface area contributed by atoms with Gasteiger partial charge in [0.05, 0.1) is 0 Å². The maximum atomic E-state index is 12.9. The lowest BCUT2D eigenvalue weighted by Gasteiger charge is -2.35. The first-order chi connectivity index (χ1) is 14.0. The van der Waals surface area contributed by atoms with E-state index in [-0.39, 0.29) is 23.5 Å². The van der Waals surface area contributed by atoms with Crippen molar-refractivity contribution in [2.75, 3.05) is 32.7 Å². The van der Waals surface area contributed by atoms with Gasteiger partial charge in [-0.05, 0) is 49.4 Å². The minimum Gasteiger partial charge on any atom is -0.352 e. The van der Waals surface area contributed by atoms with Crippen molar-refractivity contribution >= 4 is 17.7 Å². The lowest BCUT2D eigenvalue weighted by molar-refractivity contribution is -0.140. The molecule has 1 heterocycles. The summed E-state index contributed by atoms with van der Waals surface area (Å²) in [5.41, 5.74) is 0.399. The van der Waals surface area contributed by atoms with Gasteiger partial charge in [0.15, 0.2) is 0 Å². The van der Waals surface area contributed by atoms with E-state index in [4.69, 9.17) is 0 Å². The summed E-state index contributed by atoms with van der Waals surface area (Å²) in [5, 5.41) is 2.75. The molecule has 7 heteroatoms. The summed E-state index contributed by atoms with van der Waals surface area (Å²) in [5.74, 6) is 0.183. The van der Waals surface area contributed by atoms with E-state index < -0.39 is 0 Å². The Morgan fingerprint density at radius 3 is 2.14 bits per heavy atom. The van der Waals surface area contributed by atoms with Gasteiger partial charge >= 0.3 is 0 Å². The lowest BCUT2D eigenvalue weighted by Crippen LogP contribution is -2.50. The summed E-state index contributed by atoms with van der Waals surface area (Å²) in [6.07, 6.45) is 6.38. The molecule has 1 saturated heterocycles. The van der Waals surface area contributed by atoms with Crippen LogP contribution in [0.1, 0.15) is 55.3 Å². The fraction of sp³-hybridized carbons (Fsp3) is 0.591. The SMILES string of the molecule is O=C(NCCCC(=O)N1CCN(C(=O)CC2CCCC2)CC1)c1ccc(F)cc1. The Kier molecular flexibility index (Phi) is 7.61. The standard InChI is InChI=1S/C22H30FN3O3/c23-19-9-7-18(8-10-19)22(29)24-11-3-6-20(27)25-12-14-26(15-13-25)21(28)16-17-4-1-2-5-17/h7-10,17H,1-6,11-16H2,(H,24,29). The van der Waals surface area contributed by atoms with Gasteiger partial charge in [0.25, 0.3) is 5.91 Å². The number of halogens is 1. The van der Waals surface area contributed by atoms with Crippen molar-refractivity contribution in [1.82, 2.24) is 15.1 Å². The van der Waals surface area contributed by atoms with Crippen LogP contribution in [-0.2, 0) is 9.59 Å². The van der Waals surface area contributed by atoms with Crippen molar-refractivity contribution in [3.05, 3.63) is 35.6 Å². The molecule has 2 aliphatic rings. The number of nitrogens with one attached hydrogen (secondary N) is 1. The zero-order chi connectivity index (χ0) is 20.6. The molecule has 0 aromatic heterocycles. The van der Waals surface area contributed by atoms with E-state index in [1.807, 2.05) is 4.90 Å². The smallest absolute Gasteiger partial charge is 0.251 e. The Morgan fingerprint density at radius 1 is 0.931 bits per heavy atom. The van der Waals surface area contributed by atoms with Gasteiger partial charge in [-0.3, -0.25) is 14.4 Å². The molecule has 1 aromatic rings. The molecule has 0 atom stereocenters. The highest BCUT2D eigenvalue weighted by molar-refractivity contribution is 5.94. The molecule has 0 spiro atoms. The molecule has 1 aromatic carbocycles. The van der Waals surface area contributed by atoms with E-state index >= 15 is 0 Å². The van der Waals surface area contributed by atoms with Crippen LogP contribution in [0.25, 0.3) is 0 Å². The van der Waals surface area contributed by atoms with Crippen LogP contribution in [0.2, 0.25) is 0 Å². The Labute approximate surface area is 171 Å². The van der Waals surface area contributed by atoms with Crippen LogP contribution in [0.5, 0.6) is 0 Å². The number of carbonyl (C=O) groups is 3. The number of hydrogen-bond acceptors (Lipinski definition) is 3. The third-order valence-corrected chi connectivity index (χ3v) is 5.88. The predicted octanol–water partition coefficient (Wildman–Crippen LogP) is 2.59. The Bertz CT molecular complexity index is 709. The molecular formula is C22H30FN3O3. The van der Waals surface area contributed by atoms with Gasteiger partial charge < -0.3 is 15.1 Å². The molecule has 29 heavy (non-hydrogen) atoms. The Morgan fingerprint density at radius 2 is 1.52 bits per heavy atom. The number of nitrogens with zero attached hydrogens (tertiary/aromatic N) is 2. The summed E-state index contributed by atoms with van der Waals surface area (Å²) >= 11 is 0. The van der Waals surface area contributed by atoms with Crippen LogP contribution in [0.4, 0.5) is 4.39 Å². The molecule has 0 radical (unpaired) electrons. The lowest BCUT2D eigenvalue weighted by atomic mass is 10.0. The van der Waals surface area contributed by atoms with E-state index in [9.17, 15) is 18.8 Å². The van der Waals surface area contributed by atoms with Crippen LogP contribution in [-0.4, -0.2) is 60.2 Å². The molecule has 158 valence electrons. The molecule has 0 bridgehead atoms. The van der Waals surface area contributed by atoms with Gasteiger partial charge in [-0.25, -0.2) is 4.39 Å². The Hall–Kier alpha value is -2.44. The topological polar surface area (TPSA) is 69.7 Å². The third kappa shape index (κ3) is 6.27. The van der Waals surface area contributed by atoms with Gasteiger partial charge in [-0.2, -0.15) is 0 Å². The molecule has 1 N–H and O–H groups in total. The number of amides is 3. The largest absolute Gasteiger partial charge is 0.352 e. The van der Waals surface area contributed by atoms with Crippen molar-refractivity contribution < 1.29 is 18.8 Å². The molecule has 3 amide bonds. The molecule has 1 aliphatic carbocycles. The summed E-state index contributed by atoms with van der Waals surface area (Å²) in [6.45, 7) is 2.77. The fourth-order valence-corrected chi connectivity index (χ4v) is 4.10.